The Morgan fingerprint density at radius 3 is 2.29 bits per heavy atom. The van der Waals surface area contributed by atoms with Crippen LogP contribution in [0.15, 0.2) is 79.1 Å². The fraction of sp³-hybridized carbons (Fsp3) is 0.100. The molecule has 0 aliphatic heterocycles. The first kappa shape index (κ1) is 15.9. The lowest BCUT2D eigenvalue weighted by Crippen LogP contribution is -2.23. The van der Waals surface area contributed by atoms with Crippen molar-refractivity contribution in [2.75, 3.05) is 5.32 Å². The largest absolute Gasteiger partial charge is 0.326 e. The van der Waals surface area contributed by atoms with Gasteiger partial charge in [0.05, 0.1) is 5.92 Å². The first-order valence-electron chi connectivity index (χ1n) is 7.72. The molecular weight excluding hydrogens is 303 g/mol. The summed E-state index contributed by atoms with van der Waals surface area (Å²) in [6.45, 7) is 0. The highest BCUT2D eigenvalue weighted by Gasteiger charge is 2.21. The maximum absolute atomic E-state index is 13.0. The lowest BCUT2D eigenvalue weighted by molar-refractivity contribution is -0.117. The van der Waals surface area contributed by atoms with Gasteiger partial charge in [0, 0.05) is 18.1 Å². The number of amides is 1. The van der Waals surface area contributed by atoms with Crippen molar-refractivity contribution in [3.63, 3.8) is 0 Å². The second kappa shape index (κ2) is 7.51. The fourth-order valence-electron chi connectivity index (χ4n) is 2.56. The van der Waals surface area contributed by atoms with E-state index in [0.29, 0.717) is 12.1 Å². The Morgan fingerprint density at radius 1 is 0.958 bits per heavy atom. The molecule has 0 radical (unpaired) electrons. The summed E-state index contributed by atoms with van der Waals surface area (Å²) in [5, 5.41) is 2.87. The van der Waals surface area contributed by atoms with Gasteiger partial charge in [0.15, 0.2) is 0 Å². The third kappa shape index (κ3) is 4.04. The maximum Gasteiger partial charge on any atom is 0.232 e. The van der Waals surface area contributed by atoms with Crippen LogP contribution < -0.4 is 5.32 Å². The minimum absolute atomic E-state index is 0.121. The normalized spacial score (nSPS) is 11.7. The van der Waals surface area contributed by atoms with Crippen LogP contribution in [0.25, 0.3) is 0 Å². The van der Waals surface area contributed by atoms with E-state index in [9.17, 15) is 9.18 Å². The molecule has 3 rings (SSSR count). The van der Waals surface area contributed by atoms with E-state index in [-0.39, 0.29) is 17.6 Å². The van der Waals surface area contributed by atoms with E-state index in [4.69, 9.17) is 0 Å². The van der Waals surface area contributed by atoms with Crippen LogP contribution in [0.5, 0.6) is 0 Å². The van der Waals surface area contributed by atoms with Crippen molar-refractivity contribution >= 4 is 11.6 Å². The molecule has 120 valence electrons. The standard InChI is InChI=1S/C20H17FN2O/c21-17-6-8-18(9-7-17)23-20(24)19(16-4-2-1-3-5-16)14-15-10-12-22-13-11-15/h1-13,19H,14H2,(H,23,24). The average Bonchev–Trinajstić information content (AvgIpc) is 2.63. The quantitative estimate of drug-likeness (QED) is 0.766. The van der Waals surface area contributed by atoms with Crippen LogP contribution in [0.1, 0.15) is 17.0 Å². The zero-order chi connectivity index (χ0) is 16.8. The Morgan fingerprint density at radius 2 is 1.62 bits per heavy atom. The molecule has 1 N–H and O–H groups in total. The molecule has 1 heterocycles. The van der Waals surface area contributed by atoms with Gasteiger partial charge in [0.25, 0.3) is 0 Å². The second-order valence-corrected chi connectivity index (χ2v) is 5.52. The number of hydrogen-bond donors (Lipinski definition) is 1. The summed E-state index contributed by atoms with van der Waals surface area (Å²) in [4.78, 5) is 16.8. The Hall–Kier alpha value is -3.01. The van der Waals surface area contributed by atoms with Crippen LogP contribution in [-0.4, -0.2) is 10.9 Å². The van der Waals surface area contributed by atoms with Crippen molar-refractivity contribution in [3.05, 3.63) is 96.1 Å². The van der Waals surface area contributed by atoms with Crippen LogP contribution in [0.3, 0.4) is 0 Å². The summed E-state index contributed by atoms with van der Waals surface area (Å²) in [5.74, 6) is -0.785. The van der Waals surface area contributed by atoms with E-state index < -0.39 is 0 Å². The van der Waals surface area contributed by atoms with E-state index in [1.165, 1.54) is 12.1 Å². The highest BCUT2D eigenvalue weighted by molar-refractivity contribution is 5.96. The zero-order valence-corrected chi connectivity index (χ0v) is 13.0. The number of rotatable bonds is 5. The monoisotopic (exact) mass is 320 g/mol. The Kier molecular flexibility index (Phi) is 4.96. The van der Waals surface area contributed by atoms with Gasteiger partial charge < -0.3 is 5.32 Å². The molecule has 0 saturated heterocycles. The van der Waals surface area contributed by atoms with Crippen molar-refractivity contribution < 1.29 is 9.18 Å². The smallest absolute Gasteiger partial charge is 0.232 e. The van der Waals surface area contributed by atoms with E-state index in [1.807, 2.05) is 42.5 Å². The summed E-state index contributed by atoms with van der Waals surface area (Å²) >= 11 is 0. The number of nitrogens with zero attached hydrogens (tertiary/aromatic N) is 1. The SMILES string of the molecule is O=C(Nc1ccc(F)cc1)C(Cc1ccncc1)c1ccccc1. The number of hydrogen-bond acceptors (Lipinski definition) is 2. The number of pyridine rings is 1. The molecular formula is C20H17FN2O. The van der Waals surface area contributed by atoms with Gasteiger partial charge in [0.2, 0.25) is 5.91 Å². The number of anilines is 1. The number of carbonyl (C=O) groups is 1. The van der Waals surface area contributed by atoms with Gasteiger partial charge in [-0.25, -0.2) is 4.39 Å². The van der Waals surface area contributed by atoms with E-state index >= 15 is 0 Å². The molecule has 3 nitrogen and oxygen atoms in total. The molecule has 1 atom stereocenters. The summed E-state index contributed by atoms with van der Waals surface area (Å²) in [5.41, 5.74) is 2.55. The van der Waals surface area contributed by atoms with Gasteiger partial charge in [-0.1, -0.05) is 30.3 Å². The van der Waals surface area contributed by atoms with Gasteiger partial charge in [0.1, 0.15) is 5.82 Å². The molecule has 24 heavy (non-hydrogen) atoms. The molecule has 0 aliphatic rings. The van der Waals surface area contributed by atoms with E-state index in [1.54, 1.807) is 24.5 Å². The van der Waals surface area contributed by atoms with Crippen molar-refractivity contribution in [2.24, 2.45) is 0 Å². The summed E-state index contributed by atoms with van der Waals surface area (Å²) in [6, 6.07) is 19.2. The van der Waals surface area contributed by atoms with Crippen LogP contribution in [0.2, 0.25) is 0 Å². The third-order valence-electron chi connectivity index (χ3n) is 3.82. The second-order valence-electron chi connectivity index (χ2n) is 5.52. The highest BCUT2D eigenvalue weighted by Crippen LogP contribution is 2.23. The van der Waals surface area contributed by atoms with Crippen LogP contribution >= 0.6 is 0 Å². The lowest BCUT2D eigenvalue weighted by Gasteiger charge is -2.17. The first-order chi connectivity index (χ1) is 11.7. The van der Waals surface area contributed by atoms with Crippen molar-refractivity contribution in [1.82, 2.24) is 4.98 Å². The minimum atomic E-state index is -0.335. The number of aromatic nitrogens is 1. The topological polar surface area (TPSA) is 42.0 Å². The molecule has 0 bridgehead atoms. The van der Waals surface area contributed by atoms with Crippen molar-refractivity contribution in [1.29, 1.82) is 0 Å². The number of benzene rings is 2. The molecule has 0 aliphatic carbocycles. The van der Waals surface area contributed by atoms with Gasteiger partial charge in [-0.2, -0.15) is 0 Å². The van der Waals surface area contributed by atoms with Gasteiger partial charge in [-0.05, 0) is 53.9 Å². The number of nitrogens with one attached hydrogen (secondary N) is 1. The summed E-state index contributed by atoms with van der Waals surface area (Å²) < 4.78 is 13.0. The van der Waals surface area contributed by atoms with E-state index in [0.717, 1.165) is 11.1 Å². The minimum Gasteiger partial charge on any atom is -0.326 e. The first-order valence-corrected chi connectivity index (χ1v) is 7.72. The predicted octanol–water partition coefficient (Wildman–Crippen LogP) is 4.19. The maximum atomic E-state index is 13.0. The molecule has 0 spiro atoms. The third-order valence-corrected chi connectivity index (χ3v) is 3.82. The molecule has 1 unspecified atom stereocenters. The highest BCUT2D eigenvalue weighted by atomic mass is 19.1. The van der Waals surface area contributed by atoms with Gasteiger partial charge in [-0.15, -0.1) is 0 Å². The average molecular weight is 320 g/mol. The molecule has 4 heteroatoms. The summed E-state index contributed by atoms with van der Waals surface area (Å²) in [6.07, 6.45) is 4.00. The molecule has 1 aromatic heterocycles. The van der Waals surface area contributed by atoms with Crippen LogP contribution in [0, 0.1) is 5.82 Å². The van der Waals surface area contributed by atoms with E-state index in [2.05, 4.69) is 10.3 Å². The summed E-state index contributed by atoms with van der Waals surface area (Å²) in [7, 11) is 0. The number of halogens is 1. The molecule has 0 saturated carbocycles. The van der Waals surface area contributed by atoms with Crippen molar-refractivity contribution in [3.8, 4) is 0 Å². The van der Waals surface area contributed by atoms with Crippen LogP contribution in [0.4, 0.5) is 10.1 Å². The van der Waals surface area contributed by atoms with Crippen LogP contribution in [-0.2, 0) is 11.2 Å². The predicted molar refractivity (Wildman–Crippen MR) is 92.2 cm³/mol. The molecule has 0 fully saturated rings. The Balaban J connectivity index is 1.83. The molecule has 1 amide bonds. The Bertz CT molecular complexity index is 789. The fourth-order valence-corrected chi connectivity index (χ4v) is 2.56. The van der Waals surface area contributed by atoms with Gasteiger partial charge >= 0.3 is 0 Å². The van der Waals surface area contributed by atoms with Gasteiger partial charge in [-0.3, -0.25) is 9.78 Å². The Labute approximate surface area is 140 Å². The molecule has 3 aromatic rings. The van der Waals surface area contributed by atoms with Crippen molar-refractivity contribution in [2.45, 2.75) is 12.3 Å². The number of carbonyl (C=O) groups excluding carboxylic acids is 1. The lowest BCUT2D eigenvalue weighted by atomic mass is 9.91. The molecule has 2 aromatic carbocycles. The zero-order valence-electron chi connectivity index (χ0n) is 13.0.